The molecule has 28 heavy (non-hydrogen) atoms. The van der Waals surface area contributed by atoms with Crippen molar-refractivity contribution in [2.45, 2.75) is 97.0 Å². The summed E-state index contributed by atoms with van der Waals surface area (Å²) in [6.45, 7) is 6.63. The van der Waals surface area contributed by atoms with Crippen molar-refractivity contribution >= 4 is 5.91 Å². The number of aliphatic hydroxyl groups is 1. The van der Waals surface area contributed by atoms with Crippen LogP contribution in [0.3, 0.4) is 0 Å². The third-order valence-electron chi connectivity index (χ3n) is 8.81. The van der Waals surface area contributed by atoms with Crippen LogP contribution in [0, 0.1) is 35.0 Å². The molecule has 0 saturated heterocycles. The number of amides is 1. The quantitative estimate of drug-likeness (QED) is 0.605. The molecule has 3 fully saturated rings. The Morgan fingerprint density at radius 2 is 2.00 bits per heavy atom. The first-order valence-electron chi connectivity index (χ1n) is 11.8. The predicted molar refractivity (Wildman–Crippen MR) is 112 cm³/mol. The maximum Gasteiger partial charge on any atom is 0.249 e. The topological polar surface area (TPSA) is 49.8 Å². The van der Waals surface area contributed by atoms with Gasteiger partial charge in [0.15, 0.2) is 0 Å². The lowest BCUT2D eigenvalue weighted by Crippen LogP contribution is -2.47. The average molecular weight is 394 g/mol. The first-order chi connectivity index (χ1) is 13.2. The summed E-state index contributed by atoms with van der Waals surface area (Å²) < 4.78 is 0. The lowest BCUT2D eigenvalue weighted by atomic mass is 9.53. The minimum Gasteiger partial charge on any atom is -0.390 e. The number of unbranched alkanes of at least 4 members (excludes halogenated alkanes) is 1. The summed E-state index contributed by atoms with van der Waals surface area (Å²) >= 11 is 0. The van der Waals surface area contributed by atoms with Gasteiger partial charge in [-0.2, -0.15) is 0 Å². The average Bonchev–Trinajstić information content (AvgIpc) is 3.02. The minimum absolute atomic E-state index is 0.121. The van der Waals surface area contributed by atoms with Crippen LogP contribution in [0.4, 0.5) is 0 Å². The normalized spacial score (nSPS) is 39.7. The van der Waals surface area contributed by atoms with Crippen molar-refractivity contribution in [3.05, 3.63) is 0 Å². The Hall–Kier alpha value is -0.610. The molecular weight excluding hydrogens is 350 g/mol. The van der Waals surface area contributed by atoms with Crippen molar-refractivity contribution in [2.24, 2.45) is 35.0 Å². The van der Waals surface area contributed by atoms with Gasteiger partial charge in [-0.25, -0.2) is 5.06 Å². The van der Waals surface area contributed by atoms with Gasteiger partial charge in [0.2, 0.25) is 5.91 Å². The van der Waals surface area contributed by atoms with Crippen molar-refractivity contribution in [3.63, 3.8) is 0 Å². The number of rotatable bonds is 7. The molecule has 7 atom stereocenters. The summed E-state index contributed by atoms with van der Waals surface area (Å²) in [7, 11) is 3.33. The van der Waals surface area contributed by atoms with Gasteiger partial charge in [-0.05, 0) is 87.4 Å². The zero-order valence-corrected chi connectivity index (χ0v) is 18.9. The highest BCUT2D eigenvalue weighted by Gasteiger charge is 2.57. The van der Waals surface area contributed by atoms with Crippen LogP contribution in [0.5, 0.6) is 0 Å². The van der Waals surface area contributed by atoms with Crippen LogP contribution >= 0.6 is 0 Å². The van der Waals surface area contributed by atoms with Crippen LogP contribution in [0.2, 0.25) is 0 Å². The molecule has 0 spiro atoms. The van der Waals surface area contributed by atoms with E-state index in [-0.39, 0.29) is 17.2 Å². The van der Waals surface area contributed by atoms with E-state index in [2.05, 4.69) is 13.8 Å². The molecule has 0 aromatic heterocycles. The minimum atomic E-state index is -0.494. The van der Waals surface area contributed by atoms with E-state index in [1.807, 2.05) is 6.92 Å². The van der Waals surface area contributed by atoms with Gasteiger partial charge >= 0.3 is 0 Å². The van der Waals surface area contributed by atoms with E-state index >= 15 is 0 Å². The van der Waals surface area contributed by atoms with Crippen molar-refractivity contribution in [2.75, 3.05) is 14.2 Å². The second-order valence-corrected chi connectivity index (χ2v) is 10.7. The van der Waals surface area contributed by atoms with Crippen molar-refractivity contribution in [3.8, 4) is 0 Å². The highest BCUT2D eigenvalue weighted by Crippen LogP contribution is 2.62. The summed E-state index contributed by atoms with van der Waals surface area (Å²) in [5.74, 6) is 3.24. The van der Waals surface area contributed by atoms with Crippen molar-refractivity contribution < 1.29 is 14.7 Å². The largest absolute Gasteiger partial charge is 0.390 e. The molecule has 0 aliphatic heterocycles. The lowest BCUT2D eigenvalue weighted by molar-refractivity contribution is -0.179. The molecule has 162 valence electrons. The van der Waals surface area contributed by atoms with E-state index in [0.29, 0.717) is 11.8 Å². The molecule has 4 nitrogen and oxygen atoms in total. The fraction of sp³-hybridized carbons (Fsp3) is 0.958. The second-order valence-electron chi connectivity index (χ2n) is 10.7. The van der Waals surface area contributed by atoms with E-state index in [4.69, 9.17) is 4.84 Å². The second kappa shape index (κ2) is 8.63. The molecular formula is C24H43NO3. The number of carbonyl (C=O) groups is 1. The maximum atomic E-state index is 12.9. The Bertz CT molecular complexity index is 548. The highest BCUT2D eigenvalue weighted by molar-refractivity contribution is 5.79. The summed E-state index contributed by atoms with van der Waals surface area (Å²) in [6, 6.07) is 0. The molecule has 1 amide bonds. The zero-order chi connectivity index (χ0) is 20.5. The molecule has 3 saturated carbocycles. The number of hydrogen-bond donors (Lipinski definition) is 1. The smallest absolute Gasteiger partial charge is 0.249 e. The molecule has 0 heterocycles. The van der Waals surface area contributed by atoms with Crippen LogP contribution in [0.1, 0.15) is 91.4 Å². The van der Waals surface area contributed by atoms with E-state index in [9.17, 15) is 9.90 Å². The first kappa shape index (κ1) is 22.1. The third kappa shape index (κ3) is 4.28. The zero-order valence-electron chi connectivity index (χ0n) is 18.9. The fourth-order valence-corrected chi connectivity index (χ4v) is 7.25. The van der Waals surface area contributed by atoms with Gasteiger partial charge in [0.05, 0.1) is 12.7 Å². The summed E-state index contributed by atoms with van der Waals surface area (Å²) in [4.78, 5) is 18.1. The predicted octanol–water partition coefficient (Wildman–Crippen LogP) is 5.20. The van der Waals surface area contributed by atoms with Crippen molar-refractivity contribution in [1.29, 1.82) is 0 Å². The molecule has 3 aliphatic rings. The van der Waals surface area contributed by atoms with Gasteiger partial charge in [-0.15, -0.1) is 0 Å². The molecule has 0 radical (unpaired) electrons. The number of hydrogen-bond acceptors (Lipinski definition) is 3. The number of fused-ring (bicyclic) bond motifs is 3. The van der Waals surface area contributed by atoms with Gasteiger partial charge in [-0.1, -0.05) is 33.1 Å². The van der Waals surface area contributed by atoms with Gasteiger partial charge in [-0.3, -0.25) is 9.63 Å². The Morgan fingerprint density at radius 3 is 2.68 bits per heavy atom. The molecule has 3 rings (SSSR count). The number of nitrogens with zero attached hydrogens (tertiary/aromatic N) is 1. The molecule has 0 bridgehead atoms. The van der Waals surface area contributed by atoms with Crippen LogP contribution < -0.4 is 0 Å². The van der Waals surface area contributed by atoms with Gasteiger partial charge in [0, 0.05) is 13.0 Å². The lowest BCUT2D eigenvalue weighted by Gasteiger charge is -2.52. The van der Waals surface area contributed by atoms with Crippen LogP contribution in [0.15, 0.2) is 0 Å². The Kier molecular flexibility index (Phi) is 6.81. The van der Waals surface area contributed by atoms with Crippen LogP contribution in [0.25, 0.3) is 0 Å². The Balaban J connectivity index is 1.62. The number of hydroxylamine groups is 2. The maximum absolute atomic E-state index is 12.9. The fourth-order valence-electron chi connectivity index (χ4n) is 7.25. The molecule has 4 heteroatoms. The SMILES string of the molecule is CCCC[C@@](C)(O)C[C@@H]1CC[C@@H]2[C@H](CC[C@]3(C)[C@@H](C(=O)N(C)OC)CC[C@@H]23)C1. The summed E-state index contributed by atoms with van der Waals surface area (Å²) in [5, 5.41) is 12.2. The summed E-state index contributed by atoms with van der Waals surface area (Å²) in [5.41, 5.74) is -0.350. The number of carbonyl (C=O) groups excluding carboxylic acids is 1. The monoisotopic (exact) mass is 393 g/mol. The van der Waals surface area contributed by atoms with Gasteiger partial charge < -0.3 is 5.11 Å². The van der Waals surface area contributed by atoms with Gasteiger partial charge in [0.1, 0.15) is 0 Å². The van der Waals surface area contributed by atoms with Crippen LogP contribution in [-0.4, -0.2) is 35.8 Å². The molecule has 3 aliphatic carbocycles. The Labute approximate surface area is 172 Å². The van der Waals surface area contributed by atoms with E-state index in [1.165, 1.54) is 43.6 Å². The van der Waals surface area contributed by atoms with E-state index < -0.39 is 5.60 Å². The molecule has 1 N–H and O–H groups in total. The molecule has 0 aromatic carbocycles. The molecule has 0 aromatic rings. The first-order valence-corrected chi connectivity index (χ1v) is 11.8. The van der Waals surface area contributed by atoms with E-state index in [0.717, 1.165) is 43.9 Å². The third-order valence-corrected chi connectivity index (χ3v) is 8.81. The summed E-state index contributed by atoms with van der Waals surface area (Å²) in [6.07, 6.45) is 12.7. The van der Waals surface area contributed by atoms with E-state index in [1.54, 1.807) is 14.2 Å². The van der Waals surface area contributed by atoms with Crippen molar-refractivity contribution in [1.82, 2.24) is 5.06 Å². The highest BCUT2D eigenvalue weighted by atomic mass is 16.7. The standard InChI is InChI=1S/C24H43NO3/c1-6-7-13-23(2,27)16-17-8-9-19-18(15-17)12-14-24(3)20(19)10-11-21(24)22(26)25(4)28-5/h17-21,27H,6-16H2,1-5H3/t17-,18-,19-,20+,21-,23-,24+/m1/s1. The molecule has 0 unspecified atom stereocenters. The van der Waals surface area contributed by atoms with Crippen LogP contribution in [-0.2, 0) is 9.63 Å². The van der Waals surface area contributed by atoms with Gasteiger partial charge in [0.25, 0.3) is 0 Å². The Morgan fingerprint density at radius 1 is 1.25 bits per heavy atom.